The van der Waals surface area contributed by atoms with Crippen LogP contribution in [0.15, 0.2) is 42.5 Å². The maximum Gasteiger partial charge on any atom is 0.227 e. The maximum absolute atomic E-state index is 12.2. The molecule has 0 bridgehead atoms. The van der Waals surface area contributed by atoms with Gasteiger partial charge in [0.05, 0.1) is 6.61 Å². The van der Waals surface area contributed by atoms with Crippen LogP contribution in [-0.4, -0.2) is 32.1 Å². The topological polar surface area (TPSA) is 53.6 Å². The van der Waals surface area contributed by atoms with E-state index in [0.717, 1.165) is 42.9 Å². The third-order valence-corrected chi connectivity index (χ3v) is 6.08. The summed E-state index contributed by atoms with van der Waals surface area (Å²) in [6.07, 6.45) is 3.66. The molecule has 0 spiro atoms. The van der Waals surface area contributed by atoms with E-state index in [-0.39, 0.29) is 30.7 Å². The molecule has 170 valence electrons. The Morgan fingerprint density at radius 3 is 2.68 bits per heavy atom. The number of aryl methyl sites for hydroxylation is 1. The monoisotopic (exact) mass is 465 g/mol. The second kappa shape index (κ2) is 11.7. The maximum atomic E-state index is 12.2. The number of benzene rings is 2. The van der Waals surface area contributed by atoms with Crippen LogP contribution >= 0.6 is 24.8 Å². The lowest BCUT2D eigenvalue weighted by Gasteiger charge is -2.34. The highest BCUT2D eigenvalue weighted by Crippen LogP contribution is 2.34. The number of amides is 1. The largest absolute Gasteiger partial charge is 0.494 e. The predicted molar refractivity (Wildman–Crippen MR) is 131 cm³/mol. The van der Waals surface area contributed by atoms with Crippen LogP contribution in [0.1, 0.15) is 48.9 Å². The average Bonchev–Trinajstić information content (AvgIpc) is 2.76. The number of fused-ring (bicyclic) bond motifs is 1. The highest BCUT2D eigenvalue weighted by molar-refractivity contribution is 5.96. The third kappa shape index (κ3) is 5.72. The molecular weight excluding hydrogens is 433 g/mol. The fraction of sp³-hybridized carbons (Fsp3) is 0.458. The van der Waals surface area contributed by atoms with Gasteiger partial charge in [0.1, 0.15) is 5.75 Å². The molecule has 4 rings (SSSR count). The Kier molecular flexibility index (Phi) is 9.63. The van der Waals surface area contributed by atoms with Crippen LogP contribution in [0.2, 0.25) is 0 Å². The summed E-state index contributed by atoms with van der Waals surface area (Å²) in [6.45, 7) is 4.43. The van der Waals surface area contributed by atoms with E-state index in [0.29, 0.717) is 25.1 Å². The lowest BCUT2D eigenvalue weighted by atomic mass is 9.92. The van der Waals surface area contributed by atoms with Crippen molar-refractivity contribution < 1.29 is 9.53 Å². The molecule has 0 aromatic heterocycles. The molecule has 1 amide bonds. The molecule has 2 aliphatic heterocycles. The zero-order valence-electron chi connectivity index (χ0n) is 18.2. The van der Waals surface area contributed by atoms with Gasteiger partial charge in [-0.05, 0) is 56.0 Å². The first-order valence-electron chi connectivity index (χ1n) is 10.7. The molecule has 2 aromatic carbocycles. The minimum atomic E-state index is 0. The van der Waals surface area contributed by atoms with E-state index >= 15 is 0 Å². The Hall–Kier alpha value is -1.79. The molecule has 31 heavy (non-hydrogen) atoms. The van der Waals surface area contributed by atoms with Gasteiger partial charge in [-0.25, -0.2) is 0 Å². The van der Waals surface area contributed by atoms with Crippen molar-refractivity contribution in [3.05, 3.63) is 59.2 Å². The number of nitrogens with zero attached hydrogens (tertiary/aromatic N) is 1. The van der Waals surface area contributed by atoms with Crippen LogP contribution in [0.4, 0.5) is 5.69 Å². The Morgan fingerprint density at radius 2 is 1.94 bits per heavy atom. The highest BCUT2D eigenvalue weighted by atomic mass is 35.5. The molecule has 0 radical (unpaired) electrons. The Labute approximate surface area is 197 Å². The van der Waals surface area contributed by atoms with Gasteiger partial charge in [0.2, 0.25) is 5.91 Å². The van der Waals surface area contributed by atoms with Crippen LogP contribution in [0, 0.1) is 0 Å². The van der Waals surface area contributed by atoms with E-state index in [9.17, 15) is 4.79 Å². The van der Waals surface area contributed by atoms with Crippen molar-refractivity contribution in [1.29, 1.82) is 0 Å². The molecule has 7 heteroatoms. The van der Waals surface area contributed by atoms with Gasteiger partial charge in [-0.3, -0.25) is 4.79 Å². The van der Waals surface area contributed by atoms with Crippen LogP contribution in [0.5, 0.6) is 5.75 Å². The Bertz CT molecular complexity index is 863. The molecule has 0 aliphatic carbocycles. The zero-order valence-corrected chi connectivity index (χ0v) is 19.9. The van der Waals surface area contributed by atoms with Gasteiger partial charge in [0, 0.05) is 43.3 Å². The number of halogens is 2. The van der Waals surface area contributed by atoms with Crippen LogP contribution < -0.4 is 20.3 Å². The van der Waals surface area contributed by atoms with Crippen molar-refractivity contribution in [3.63, 3.8) is 0 Å². The number of hydrogen-bond donors (Lipinski definition) is 2. The highest BCUT2D eigenvalue weighted by Gasteiger charge is 2.27. The zero-order chi connectivity index (χ0) is 20.2. The van der Waals surface area contributed by atoms with Gasteiger partial charge in [0.25, 0.3) is 0 Å². The normalized spacial score (nSPS) is 20.3. The molecule has 0 unspecified atom stereocenters. The molecule has 1 fully saturated rings. The van der Waals surface area contributed by atoms with Gasteiger partial charge in [-0.2, -0.15) is 0 Å². The van der Waals surface area contributed by atoms with E-state index in [4.69, 9.17) is 4.74 Å². The van der Waals surface area contributed by atoms with Crippen LogP contribution in [0.25, 0.3) is 0 Å². The summed E-state index contributed by atoms with van der Waals surface area (Å²) in [5.41, 5.74) is 4.65. The summed E-state index contributed by atoms with van der Waals surface area (Å²) in [5.74, 6) is 1.11. The summed E-state index contributed by atoms with van der Waals surface area (Å²) in [7, 11) is 1.87. The quantitative estimate of drug-likeness (QED) is 0.662. The standard InChI is InChI=1S/C24H31N3O2.2ClH/c1-3-29-22-15-18-11-12-23(28)27(2)21(18)14-19(22)16-26-20-10-7-13-25-24(20)17-8-5-4-6-9-17;;/h4-6,8-9,14-15,20,24-26H,3,7,10-13,16H2,1-2H3;2*1H/t20-,24-;;/m0../s1. The summed E-state index contributed by atoms with van der Waals surface area (Å²) in [5, 5.41) is 7.45. The summed E-state index contributed by atoms with van der Waals surface area (Å²) >= 11 is 0. The predicted octanol–water partition coefficient (Wildman–Crippen LogP) is 4.42. The van der Waals surface area contributed by atoms with E-state index in [1.165, 1.54) is 17.5 Å². The minimum Gasteiger partial charge on any atom is -0.494 e. The molecule has 2 aromatic rings. The van der Waals surface area contributed by atoms with Crippen molar-refractivity contribution >= 4 is 36.4 Å². The Balaban J connectivity index is 0.00000171. The average molecular weight is 466 g/mol. The second-order valence-corrected chi connectivity index (χ2v) is 7.95. The molecule has 2 aliphatic rings. The number of hydrogen-bond acceptors (Lipinski definition) is 4. The third-order valence-electron chi connectivity index (χ3n) is 6.08. The molecule has 2 atom stereocenters. The molecule has 5 nitrogen and oxygen atoms in total. The first-order valence-corrected chi connectivity index (χ1v) is 10.7. The van der Waals surface area contributed by atoms with Gasteiger partial charge >= 0.3 is 0 Å². The van der Waals surface area contributed by atoms with E-state index in [2.05, 4.69) is 53.1 Å². The summed E-state index contributed by atoms with van der Waals surface area (Å²) < 4.78 is 5.96. The number of anilines is 1. The van der Waals surface area contributed by atoms with E-state index < -0.39 is 0 Å². The van der Waals surface area contributed by atoms with Crippen molar-refractivity contribution in [2.75, 3.05) is 25.1 Å². The van der Waals surface area contributed by atoms with Crippen molar-refractivity contribution in [1.82, 2.24) is 10.6 Å². The number of carbonyl (C=O) groups is 1. The van der Waals surface area contributed by atoms with Gasteiger partial charge in [-0.1, -0.05) is 30.3 Å². The van der Waals surface area contributed by atoms with Crippen molar-refractivity contribution in [2.24, 2.45) is 0 Å². The number of ether oxygens (including phenoxy) is 1. The lowest BCUT2D eigenvalue weighted by molar-refractivity contribution is -0.118. The van der Waals surface area contributed by atoms with E-state index in [1.54, 1.807) is 4.90 Å². The molecule has 2 heterocycles. The first-order chi connectivity index (χ1) is 14.2. The fourth-order valence-corrected chi connectivity index (χ4v) is 4.50. The van der Waals surface area contributed by atoms with Crippen molar-refractivity contribution in [2.45, 2.75) is 51.2 Å². The number of carbonyl (C=O) groups excluding carboxylic acids is 1. The molecular formula is C24H33Cl2N3O2. The van der Waals surface area contributed by atoms with Crippen molar-refractivity contribution in [3.8, 4) is 5.75 Å². The fourth-order valence-electron chi connectivity index (χ4n) is 4.50. The second-order valence-electron chi connectivity index (χ2n) is 7.95. The van der Waals surface area contributed by atoms with E-state index in [1.807, 2.05) is 14.0 Å². The van der Waals surface area contributed by atoms with Crippen LogP contribution in [-0.2, 0) is 17.8 Å². The lowest BCUT2D eigenvalue weighted by Crippen LogP contribution is -2.45. The van der Waals surface area contributed by atoms with Gasteiger partial charge < -0.3 is 20.3 Å². The molecule has 0 saturated carbocycles. The number of rotatable bonds is 6. The molecule has 2 N–H and O–H groups in total. The summed E-state index contributed by atoms with van der Waals surface area (Å²) in [6, 6.07) is 15.6. The van der Waals surface area contributed by atoms with Crippen LogP contribution in [0.3, 0.4) is 0 Å². The minimum absolute atomic E-state index is 0. The van der Waals surface area contributed by atoms with Gasteiger partial charge in [0.15, 0.2) is 0 Å². The smallest absolute Gasteiger partial charge is 0.227 e. The number of nitrogens with one attached hydrogen (secondary N) is 2. The molecule has 1 saturated heterocycles. The van der Waals surface area contributed by atoms with Gasteiger partial charge in [-0.15, -0.1) is 24.8 Å². The first kappa shape index (κ1) is 25.5. The number of piperidine rings is 1. The SMILES string of the molecule is CCOc1cc2c(cc1CN[C@H]1CCCN[C@H]1c1ccccc1)N(C)C(=O)CC2.Cl.Cl. The Morgan fingerprint density at radius 1 is 1.16 bits per heavy atom. The summed E-state index contributed by atoms with van der Waals surface area (Å²) in [4.78, 5) is 13.9.